The molecule has 3 amide bonds. The molecule has 1 aromatic carbocycles. The molecule has 2 aliphatic heterocycles. The first-order valence-electron chi connectivity index (χ1n) is 10.00. The molecule has 28 heavy (non-hydrogen) atoms. The Morgan fingerprint density at radius 3 is 2.54 bits per heavy atom. The van der Waals surface area contributed by atoms with E-state index in [9.17, 15) is 9.59 Å². The summed E-state index contributed by atoms with van der Waals surface area (Å²) >= 11 is 0. The van der Waals surface area contributed by atoms with Crippen LogP contribution in [0.5, 0.6) is 0 Å². The number of nitrogens with zero attached hydrogens (tertiary/aromatic N) is 3. The molecule has 0 spiro atoms. The van der Waals surface area contributed by atoms with E-state index in [0.717, 1.165) is 43.7 Å². The van der Waals surface area contributed by atoms with Crippen molar-refractivity contribution in [2.75, 3.05) is 23.3 Å². The van der Waals surface area contributed by atoms with Gasteiger partial charge in [0, 0.05) is 49.3 Å². The van der Waals surface area contributed by atoms with Crippen LogP contribution in [-0.4, -0.2) is 41.0 Å². The fourth-order valence-corrected chi connectivity index (χ4v) is 4.21. The molecular formula is C22H26N4O2. The third-order valence-corrected chi connectivity index (χ3v) is 5.82. The van der Waals surface area contributed by atoms with Crippen LogP contribution in [0.4, 0.5) is 16.2 Å². The highest BCUT2D eigenvalue weighted by Gasteiger charge is 2.29. The quantitative estimate of drug-likeness (QED) is 0.878. The number of piperidine rings is 1. The van der Waals surface area contributed by atoms with Gasteiger partial charge in [-0.1, -0.05) is 6.07 Å². The fourth-order valence-electron chi connectivity index (χ4n) is 4.21. The molecule has 6 nitrogen and oxygen atoms in total. The first kappa shape index (κ1) is 18.5. The van der Waals surface area contributed by atoms with Crippen LogP contribution in [0.3, 0.4) is 0 Å². The summed E-state index contributed by atoms with van der Waals surface area (Å²) in [6.45, 7) is 3.53. The first-order chi connectivity index (χ1) is 13.6. The average Bonchev–Trinajstić information content (AvgIpc) is 3.07. The number of rotatable bonds is 3. The predicted octanol–water partition coefficient (Wildman–Crippen LogP) is 4.01. The molecule has 0 radical (unpaired) electrons. The average molecular weight is 378 g/mol. The molecule has 0 saturated carbocycles. The molecular weight excluding hydrogens is 352 g/mol. The third-order valence-electron chi connectivity index (χ3n) is 5.82. The Balaban J connectivity index is 1.37. The minimum Gasteiger partial charge on any atom is -0.324 e. The van der Waals surface area contributed by atoms with Crippen LogP contribution < -0.4 is 10.2 Å². The Bertz CT molecular complexity index is 847. The van der Waals surface area contributed by atoms with E-state index in [1.165, 1.54) is 5.56 Å². The molecule has 0 bridgehead atoms. The smallest absolute Gasteiger partial charge is 0.321 e. The van der Waals surface area contributed by atoms with E-state index < -0.39 is 0 Å². The van der Waals surface area contributed by atoms with Crippen molar-refractivity contribution in [1.82, 2.24) is 9.88 Å². The Morgan fingerprint density at radius 2 is 1.86 bits per heavy atom. The van der Waals surface area contributed by atoms with Crippen molar-refractivity contribution in [3.8, 4) is 0 Å². The highest BCUT2D eigenvalue weighted by molar-refractivity contribution is 5.97. The lowest BCUT2D eigenvalue weighted by Gasteiger charge is -2.32. The molecule has 2 aromatic rings. The number of benzene rings is 1. The molecule has 2 fully saturated rings. The van der Waals surface area contributed by atoms with Gasteiger partial charge in [-0.3, -0.25) is 9.78 Å². The minimum absolute atomic E-state index is 0.0777. The number of hydrogen-bond acceptors (Lipinski definition) is 3. The molecule has 2 saturated heterocycles. The molecule has 1 N–H and O–H groups in total. The van der Waals surface area contributed by atoms with Gasteiger partial charge in [0.2, 0.25) is 5.91 Å². The lowest BCUT2D eigenvalue weighted by atomic mass is 9.90. The summed E-state index contributed by atoms with van der Waals surface area (Å²) < 4.78 is 0. The van der Waals surface area contributed by atoms with Crippen LogP contribution in [0.15, 0.2) is 48.8 Å². The van der Waals surface area contributed by atoms with E-state index in [0.29, 0.717) is 12.3 Å². The minimum atomic E-state index is -0.0777. The van der Waals surface area contributed by atoms with Crippen LogP contribution in [0.25, 0.3) is 0 Å². The zero-order chi connectivity index (χ0) is 19.5. The van der Waals surface area contributed by atoms with Crippen LogP contribution in [0.2, 0.25) is 0 Å². The Hall–Kier alpha value is -2.89. The molecule has 1 aromatic heterocycles. The summed E-state index contributed by atoms with van der Waals surface area (Å²) in [5.41, 5.74) is 2.88. The molecule has 6 heteroatoms. The summed E-state index contributed by atoms with van der Waals surface area (Å²) in [5, 5.41) is 3.00. The highest BCUT2D eigenvalue weighted by atomic mass is 16.2. The molecule has 1 unspecified atom stereocenters. The Morgan fingerprint density at radius 1 is 1.11 bits per heavy atom. The van der Waals surface area contributed by atoms with E-state index in [-0.39, 0.29) is 18.0 Å². The maximum absolute atomic E-state index is 12.7. The van der Waals surface area contributed by atoms with Crippen molar-refractivity contribution in [2.24, 2.45) is 0 Å². The number of amides is 3. The Kier molecular flexibility index (Phi) is 5.28. The summed E-state index contributed by atoms with van der Waals surface area (Å²) in [4.78, 5) is 32.6. The number of pyridine rings is 1. The second kappa shape index (κ2) is 8.00. The molecule has 1 atom stereocenters. The van der Waals surface area contributed by atoms with Crippen LogP contribution >= 0.6 is 0 Å². The second-order valence-corrected chi connectivity index (χ2v) is 7.67. The van der Waals surface area contributed by atoms with Crippen molar-refractivity contribution < 1.29 is 9.59 Å². The topological polar surface area (TPSA) is 65.5 Å². The van der Waals surface area contributed by atoms with Gasteiger partial charge in [-0.05, 0) is 68.0 Å². The van der Waals surface area contributed by atoms with Gasteiger partial charge in [0.25, 0.3) is 0 Å². The molecule has 2 aliphatic rings. The van der Waals surface area contributed by atoms with Crippen LogP contribution in [0, 0.1) is 0 Å². The van der Waals surface area contributed by atoms with Gasteiger partial charge in [0.05, 0.1) is 0 Å². The number of anilines is 2. The normalized spacial score (nSPS) is 20.5. The van der Waals surface area contributed by atoms with Crippen LogP contribution in [-0.2, 0) is 4.79 Å². The number of urea groups is 1. The number of carbonyl (C=O) groups is 2. The maximum atomic E-state index is 12.7. The molecule has 4 rings (SSSR count). The number of hydrogen-bond donors (Lipinski definition) is 1. The largest absolute Gasteiger partial charge is 0.324 e. The van der Waals surface area contributed by atoms with Crippen molar-refractivity contribution in [2.45, 2.75) is 44.6 Å². The number of likely N-dealkylation sites (tertiary alicyclic amines) is 1. The van der Waals surface area contributed by atoms with Gasteiger partial charge in [-0.15, -0.1) is 0 Å². The zero-order valence-electron chi connectivity index (χ0n) is 16.2. The van der Waals surface area contributed by atoms with Gasteiger partial charge in [-0.2, -0.15) is 0 Å². The van der Waals surface area contributed by atoms with E-state index in [2.05, 4.69) is 29.4 Å². The third kappa shape index (κ3) is 3.86. The van der Waals surface area contributed by atoms with E-state index in [4.69, 9.17) is 0 Å². The van der Waals surface area contributed by atoms with Crippen LogP contribution in [0.1, 0.15) is 44.1 Å². The fraction of sp³-hybridized carbons (Fsp3) is 0.409. The van der Waals surface area contributed by atoms with E-state index in [1.807, 2.05) is 46.5 Å². The Labute approximate surface area is 165 Å². The molecule has 0 aliphatic carbocycles. The van der Waals surface area contributed by atoms with Crippen molar-refractivity contribution >= 4 is 23.3 Å². The number of carbonyl (C=O) groups excluding carboxylic acids is 2. The first-order valence-corrected chi connectivity index (χ1v) is 10.00. The molecule has 3 heterocycles. The van der Waals surface area contributed by atoms with Gasteiger partial charge >= 0.3 is 6.03 Å². The monoisotopic (exact) mass is 378 g/mol. The summed E-state index contributed by atoms with van der Waals surface area (Å²) in [6, 6.07) is 11.8. The van der Waals surface area contributed by atoms with Gasteiger partial charge in [-0.25, -0.2) is 4.79 Å². The van der Waals surface area contributed by atoms with Crippen molar-refractivity contribution in [1.29, 1.82) is 0 Å². The van der Waals surface area contributed by atoms with E-state index >= 15 is 0 Å². The lowest BCUT2D eigenvalue weighted by molar-refractivity contribution is -0.117. The maximum Gasteiger partial charge on any atom is 0.321 e. The van der Waals surface area contributed by atoms with Gasteiger partial charge in [0.1, 0.15) is 0 Å². The zero-order valence-corrected chi connectivity index (χ0v) is 16.2. The highest BCUT2D eigenvalue weighted by Crippen LogP contribution is 2.30. The SMILES string of the molecule is CC1CCC(=O)N1c1cccc(NC(=O)N2CCC(c3ccncc3)CC2)c1. The summed E-state index contributed by atoms with van der Waals surface area (Å²) in [7, 11) is 0. The van der Waals surface area contributed by atoms with Gasteiger partial charge < -0.3 is 15.1 Å². The number of aromatic nitrogens is 1. The van der Waals surface area contributed by atoms with Crippen molar-refractivity contribution in [3.63, 3.8) is 0 Å². The summed E-state index contributed by atoms with van der Waals surface area (Å²) in [5.74, 6) is 0.632. The summed E-state index contributed by atoms with van der Waals surface area (Å²) in [6.07, 6.45) is 7.03. The standard InChI is InChI=1S/C22H26N4O2/c1-16-5-6-21(27)26(16)20-4-2-3-19(15-20)24-22(28)25-13-9-18(10-14-25)17-7-11-23-12-8-17/h2-4,7-8,11-12,15-16,18H,5-6,9-10,13-14H2,1H3,(H,24,28). The van der Waals surface area contributed by atoms with E-state index in [1.54, 1.807) is 0 Å². The predicted molar refractivity (Wildman–Crippen MR) is 109 cm³/mol. The lowest BCUT2D eigenvalue weighted by Crippen LogP contribution is -2.40. The number of nitrogens with one attached hydrogen (secondary N) is 1. The van der Waals surface area contributed by atoms with Crippen molar-refractivity contribution in [3.05, 3.63) is 54.4 Å². The second-order valence-electron chi connectivity index (χ2n) is 7.67. The molecule has 146 valence electrons. The van der Waals surface area contributed by atoms with Gasteiger partial charge in [0.15, 0.2) is 0 Å².